The summed E-state index contributed by atoms with van der Waals surface area (Å²) < 4.78 is 4.53. The van der Waals surface area contributed by atoms with E-state index in [0.29, 0.717) is 13.0 Å². The molecule has 0 saturated carbocycles. The Kier molecular flexibility index (Phi) is 5.32. The summed E-state index contributed by atoms with van der Waals surface area (Å²) in [6.45, 7) is 1.45. The summed E-state index contributed by atoms with van der Waals surface area (Å²) in [5.74, 6) is -0.170. The highest BCUT2D eigenvalue weighted by atomic mass is 16.5. The molecule has 1 N–H and O–H groups in total. The molecule has 0 aromatic carbocycles. The standard InChI is InChI=1S/C10H15N3O2/c1-15-10(14)3-2-4-11-7-9-8-12-5-6-13-9/h5-6,8,11H,2-4,7H2,1H3. The van der Waals surface area contributed by atoms with Crippen LogP contribution in [0.4, 0.5) is 0 Å². The minimum Gasteiger partial charge on any atom is -0.469 e. The zero-order valence-electron chi connectivity index (χ0n) is 8.77. The number of nitrogens with zero attached hydrogens (tertiary/aromatic N) is 2. The van der Waals surface area contributed by atoms with Gasteiger partial charge in [0.05, 0.1) is 12.8 Å². The second-order valence-electron chi connectivity index (χ2n) is 3.05. The number of ether oxygens (including phenoxy) is 1. The van der Waals surface area contributed by atoms with Crippen LogP contribution in [0.2, 0.25) is 0 Å². The lowest BCUT2D eigenvalue weighted by molar-refractivity contribution is -0.140. The van der Waals surface area contributed by atoms with Crippen molar-refractivity contribution in [2.24, 2.45) is 0 Å². The Morgan fingerprint density at radius 1 is 1.53 bits per heavy atom. The van der Waals surface area contributed by atoms with Crippen LogP contribution in [0, 0.1) is 0 Å². The molecule has 15 heavy (non-hydrogen) atoms. The average Bonchev–Trinajstić information content (AvgIpc) is 2.29. The number of carbonyl (C=O) groups is 1. The van der Waals surface area contributed by atoms with Gasteiger partial charge < -0.3 is 10.1 Å². The first kappa shape index (κ1) is 11.6. The van der Waals surface area contributed by atoms with Gasteiger partial charge in [-0.05, 0) is 13.0 Å². The van der Waals surface area contributed by atoms with Gasteiger partial charge in [-0.25, -0.2) is 0 Å². The Morgan fingerprint density at radius 3 is 3.07 bits per heavy atom. The monoisotopic (exact) mass is 209 g/mol. The van der Waals surface area contributed by atoms with Crippen LogP contribution in [0.5, 0.6) is 0 Å². The van der Waals surface area contributed by atoms with Gasteiger partial charge >= 0.3 is 5.97 Å². The molecule has 0 fully saturated rings. The molecule has 1 aromatic heterocycles. The van der Waals surface area contributed by atoms with Gasteiger partial charge in [-0.2, -0.15) is 0 Å². The molecule has 0 aliphatic rings. The number of methoxy groups -OCH3 is 1. The molecule has 0 aliphatic carbocycles. The number of hydrogen-bond acceptors (Lipinski definition) is 5. The largest absolute Gasteiger partial charge is 0.469 e. The third-order valence-electron chi connectivity index (χ3n) is 1.88. The Hall–Kier alpha value is -1.49. The van der Waals surface area contributed by atoms with E-state index in [1.807, 2.05) is 0 Å². The smallest absolute Gasteiger partial charge is 0.305 e. The third-order valence-corrected chi connectivity index (χ3v) is 1.88. The summed E-state index contributed by atoms with van der Waals surface area (Å²) in [5, 5.41) is 3.17. The van der Waals surface area contributed by atoms with Crippen LogP contribution in [0.1, 0.15) is 18.5 Å². The van der Waals surface area contributed by atoms with Crippen LogP contribution in [0.25, 0.3) is 0 Å². The highest BCUT2D eigenvalue weighted by Crippen LogP contribution is 1.92. The van der Waals surface area contributed by atoms with Crippen LogP contribution >= 0.6 is 0 Å². The summed E-state index contributed by atoms with van der Waals surface area (Å²) in [7, 11) is 1.40. The molecule has 0 saturated heterocycles. The van der Waals surface area contributed by atoms with Gasteiger partial charge in [0.2, 0.25) is 0 Å². The van der Waals surface area contributed by atoms with Gasteiger partial charge in [-0.1, -0.05) is 0 Å². The minimum absolute atomic E-state index is 0.170. The second-order valence-corrected chi connectivity index (χ2v) is 3.05. The highest BCUT2D eigenvalue weighted by molar-refractivity contribution is 5.69. The van der Waals surface area contributed by atoms with E-state index in [-0.39, 0.29) is 5.97 Å². The highest BCUT2D eigenvalue weighted by Gasteiger charge is 1.98. The maximum Gasteiger partial charge on any atom is 0.305 e. The topological polar surface area (TPSA) is 64.1 Å². The number of rotatable bonds is 6. The van der Waals surface area contributed by atoms with Gasteiger partial charge in [0, 0.05) is 31.6 Å². The summed E-state index contributed by atoms with van der Waals surface area (Å²) in [6.07, 6.45) is 6.23. The molecular weight excluding hydrogens is 194 g/mol. The normalized spacial score (nSPS) is 9.93. The van der Waals surface area contributed by atoms with Crippen molar-refractivity contribution in [1.29, 1.82) is 0 Å². The first-order valence-electron chi connectivity index (χ1n) is 4.85. The van der Waals surface area contributed by atoms with E-state index < -0.39 is 0 Å². The maximum atomic E-state index is 10.8. The lowest BCUT2D eigenvalue weighted by Gasteiger charge is -2.02. The fourth-order valence-corrected chi connectivity index (χ4v) is 1.10. The van der Waals surface area contributed by atoms with Crippen molar-refractivity contribution in [3.63, 3.8) is 0 Å². The quantitative estimate of drug-likeness (QED) is 0.546. The van der Waals surface area contributed by atoms with E-state index >= 15 is 0 Å². The lowest BCUT2D eigenvalue weighted by Crippen LogP contribution is -2.16. The van der Waals surface area contributed by atoms with Crippen molar-refractivity contribution in [1.82, 2.24) is 15.3 Å². The summed E-state index contributed by atoms with van der Waals surface area (Å²) in [4.78, 5) is 18.8. The Morgan fingerprint density at radius 2 is 2.40 bits per heavy atom. The van der Waals surface area contributed by atoms with Gasteiger partial charge in [-0.15, -0.1) is 0 Å². The molecule has 0 unspecified atom stereocenters. The molecule has 0 spiro atoms. The number of aromatic nitrogens is 2. The van der Waals surface area contributed by atoms with Crippen molar-refractivity contribution in [3.8, 4) is 0 Å². The van der Waals surface area contributed by atoms with E-state index in [4.69, 9.17) is 0 Å². The van der Waals surface area contributed by atoms with Crippen LogP contribution < -0.4 is 5.32 Å². The van der Waals surface area contributed by atoms with Crippen LogP contribution in [-0.2, 0) is 16.1 Å². The van der Waals surface area contributed by atoms with E-state index in [9.17, 15) is 4.79 Å². The predicted molar refractivity (Wildman–Crippen MR) is 55.0 cm³/mol. The van der Waals surface area contributed by atoms with E-state index in [1.54, 1.807) is 18.6 Å². The van der Waals surface area contributed by atoms with Gasteiger partial charge in [-0.3, -0.25) is 14.8 Å². The van der Waals surface area contributed by atoms with Crippen molar-refractivity contribution in [2.45, 2.75) is 19.4 Å². The van der Waals surface area contributed by atoms with Crippen LogP contribution in [-0.4, -0.2) is 29.6 Å². The summed E-state index contributed by atoms with van der Waals surface area (Å²) in [5.41, 5.74) is 0.899. The van der Waals surface area contributed by atoms with E-state index in [1.165, 1.54) is 7.11 Å². The van der Waals surface area contributed by atoms with Gasteiger partial charge in [0.25, 0.3) is 0 Å². The number of carbonyl (C=O) groups excluding carboxylic acids is 1. The number of hydrogen-bond donors (Lipinski definition) is 1. The molecule has 0 amide bonds. The number of esters is 1. The first-order valence-corrected chi connectivity index (χ1v) is 4.85. The molecule has 0 radical (unpaired) electrons. The average molecular weight is 209 g/mol. The zero-order chi connectivity index (χ0) is 10.9. The van der Waals surface area contributed by atoms with Crippen LogP contribution in [0.15, 0.2) is 18.6 Å². The van der Waals surface area contributed by atoms with Crippen molar-refractivity contribution >= 4 is 5.97 Å². The summed E-state index contributed by atoms with van der Waals surface area (Å²) >= 11 is 0. The fourth-order valence-electron chi connectivity index (χ4n) is 1.10. The molecule has 5 nitrogen and oxygen atoms in total. The molecular formula is C10H15N3O2. The molecule has 5 heteroatoms. The zero-order valence-corrected chi connectivity index (χ0v) is 8.77. The molecule has 0 atom stereocenters. The van der Waals surface area contributed by atoms with Gasteiger partial charge in [0.15, 0.2) is 0 Å². The maximum absolute atomic E-state index is 10.8. The molecule has 1 aromatic rings. The Bertz CT molecular complexity index is 290. The SMILES string of the molecule is COC(=O)CCCNCc1cnccn1. The van der Waals surface area contributed by atoms with Crippen molar-refractivity contribution < 1.29 is 9.53 Å². The Balaban J connectivity index is 2.05. The van der Waals surface area contributed by atoms with Crippen LogP contribution in [0.3, 0.4) is 0 Å². The summed E-state index contributed by atoms with van der Waals surface area (Å²) in [6, 6.07) is 0. The minimum atomic E-state index is -0.170. The number of nitrogens with one attached hydrogen (secondary N) is 1. The van der Waals surface area contributed by atoms with E-state index in [2.05, 4.69) is 20.0 Å². The Labute approximate surface area is 88.9 Å². The molecule has 1 heterocycles. The third kappa shape index (κ3) is 5.07. The van der Waals surface area contributed by atoms with Crippen molar-refractivity contribution in [3.05, 3.63) is 24.3 Å². The first-order chi connectivity index (χ1) is 7.33. The second kappa shape index (κ2) is 6.89. The molecule has 0 bridgehead atoms. The van der Waals surface area contributed by atoms with Crippen molar-refractivity contribution in [2.75, 3.05) is 13.7 Å². The molecule has 82 valence electrons. The molecule has 1 rings (SSSR count). The van der Waals surface area contributed by atoms with E-state index in [0.717, 1.165) is 18.7 Å². The lowest BCUT2D eigenvalue weighted by atomic mass is 10.3. The predicted octanol–water partition coefficient (Wildman–Crippen LogP) is 0.519. The molecule has 0 aliphatic heterocycles. The van der Waals surface area contributed by atoms with Gasteiger partial charge in [0.1, 0.15) is 0 Å². The fraction of sp³-hybridized carbons (Fsp3) is 0.500.